The van der Waals surface area contributed by atoms with Crippen LogP contribution in [0.15, 0.2) is 4.74 Å². The van der Waals surface area contributed by atoms with Crippen LogP contribution in [-0.4, -0.2) is 17.4 Å². The molecule has 0 saturated carbocycles. The first-order valence-corrected chi connectivity index (χ1v) is 5.87. The molecule has 11 heavy (non-hydrogen) atoms. The van der Waals surface area contributed by atoms with E-state index in [9.17, 15) is 0 Å². The second-order valence-electron chi connectivity index (χ2n) is 3.78. The third kappa shape index (κ3) is 4.53. The standard InChI is InChI=1S/C9H21NP/c1-7(2)10-11(8(3)4)9(5)6/h7-9H,1-6H3/q+1. The molecule has 0 atom stereocenters. The van der Waals surface area contributed by atoms with Crippen LogP contribution in [0.4, 0.5) is 0 Å². The molecule has 0 aliphatic rings. The Bertz CT molecular complexity index is 126. The topological polar surface area (TPSA) is 12.4 Å². The van der Waals surface area contributed by atoms with Gasteiger partial charge in [0, 0.05) is 0 Å². The Hall–Kier alpha value is 0.100. The monoisotopic (exact) mass is 174 g/mol. The van der Waals surface area contributed by atoms with E-state index in [1.54, 1.807) is 0 Å². The van der Waals surface area contributed by atoms with E-state index in [1.807, 2.05) is 0 Å². The lowest BCUT2D eigenvalue weighted by molar-refractivity contribution is 0.837. The van der Waals surface area contributed by atoms with Crippen LogP contribution in [-0.2, 0) is 0 Å². The Morgan fingerprint density at radius 1 is 0.818 bits per heavy atom. The van der Waals surface area contributed by atoms with Gasteiger partial charge in [-0.25, -0.2) is 0 Å². The van der Waals surface area contributed by atoms with Gasteiger partial charge in [0.2, 0.25) is 7.71 Å². The van der Waals surface area contributed by atoms with Gasteiger partial charge in [0.1, 0.15) is 11.3 Å². The Morgan fingerprint density at radius 3 is 1.27 bits per heavy atom. The summed E-state index contributed by atoms with van der Waals surface area (Å²) in [6.45, 7) is 13.4. The normalized spacial score (nSPS) is 11.4. The van der Waals surface area contributed by atoms with E-state index in [0.29, 0.717) is 6.04 Å². The maximum atomic E-state index is 4.74. The Kier molecular flexibility index (Phi) is 4.92. The van der Waals surface area contributed by atoms with Crippen molar-refractivity contribution in [3.63, 3.8) is 0 Å². The van der Waals surface area contributed by atoms with Gasteiger partial charge in [-0.3, -0.25) is 0 Å². The maximum Gasteiger partial charge on any atom is 0.205 e. The third-order valence-electron chi connectivity index (χ3n) is 1.42. The number of nitrogens with zero attached hydrogens (tertiary/aromatic N) is 1. The fourth-order valence-corrected chi connectivity index (χ4v) is 3.39. The minimum Gasteiger partial charge on any atom is -0.107 e. The van der Waals surface area contributed by atoms with E-state index >= 15 is 0 Å². The van der Waals surface area contributed by atoms with Gasteiger partial charge in [0.05, 0.1) is 6.04 Å². The Balaban J connectivity index is 4.33. The molecule has 0 amide bonds. The molecule has 0 heterocycles. The highest BCUT2D eigenvalue weighted by Gasteiger charge is 2.22. The summed E-state index contributed by atoms with van der Waals surface area (Å²) in [7, 11) is -0.0931. The van der Waals surface area contributed by atoms with E-state index in [4.69, 9.17) is 4.74 Å². The van der Waals surface area contributed by atoms with Crippen molar-refractivity contribution < 1.29 is 0 Å². The van der Waals surface area contributed by atoms with Crippen molar-refractivity contribution >= 4 is 7.71 Å². The van der Waals surface area contributed by atoms with Crippen molar-refractivity contribution in [1.82, 2.24) is 0 Å². The van der Waals surface area contributed by atoms with E-state index in [2.05, 4.69) is 41.5 Å². The first-order valence-electron chi connectivity index (χ1n) is 4.44. The molecule has 0 N–H and O–H groups in total. The van der Waals surface area contributed by atoms with Crippen molar-refractivity contribution in [1.29, 1.82) is 0 Å². The zero-order chi connectivity index (χ0) is 9.02. The van der Waals surface area contributed by atoms with Gasteiger partial charge in [0.15, 0.2) is 0 Å². The minimum atomic E-state index is -0.0931. The summed E-state index contributed by atoms with van der Waals surface area (Å²) in [5.74, 6) is 0. The summed E-state index contributed by atoms with van der Waals surface area (Å²) < 4.78 is 4.74. The molecule has 0 aliphatic carbocycles. The molecule has 0 aliphatic heterocycles. The highest BCUT2D eigenvalue weighted by molar-refractivity contribution is 7.48. The predicted octanol–water partition coefficient (Wildman–Crippen LogP) is 3.88. The molecule has 0 fully saturated rings. The van der Waals surface area contributed by atoms with Gasteiger partial charge >= 0.3 is 0 Å². The lowest BCUT2D eigenvalue weighted by Gasteiger charge is -2.02. The first-order chi connectivity index (χ1) is 4.95. The summed E-state index contributed by atoms with van der Waals surface area (Å²) in [4.78, 5) is 0. The van der Waals surface area contributed by atoms with Gasteiger partial charge < -0.3 is 0 Å². The molecule has 0 spiro atoms. The third-order valence-corrected chi connectivity index (χ3v) is 4.27. The van der Waals surface area contributed by atoms with Gasteiger partial charge in [-0.1, -0.05) is 0 Å². The van der Waals surface area contributed by atoms with Crippen LogP contribution < -0.4 is 0 Å². The Morgan fingerprint density at radius 2 is 1.18 bits per heavy atom. The number of hydrogen-bond acceptors (Lipinski definition) is 1. The van der Waals surface area contributed by atoms with Gasteiger partial charge in [0.25, 0.3) is 0 Å². The molecule has 0 aromatic heterocycles. The van der Waals surface area contributed by atoms with Gasteiger partial charge in [-0.05, 0) is 41.5 Å². The summed E-state index contributed by atoms with van der Waals surface area (Å²) in [5.41, 5.74) is 1.49. The van der Waals surface area contributed by atoms with Gasteiger partial charge in [-0.15, -0.1) is 4.74 Å². The van der Waals surface area contributed by atoms with Crippen LogP contribution in [0.25, 0.3) is 0 Å². The lowest BCUT2D eigenvalue weighted by Crippen LogP contribution is -1.99. The first kappa shape index (κ1) is 11.1. The molecular formula is C9H21NP+. The molecular weight excluding hydrogens is 153 g/mol. The SMILES string of the molecule is CC(C)N=[P+](C(C)C)C(C)C. The van der Waals surface area contributed by atoms with E-state index in [1.165, 1.54) is 0 Å². The van der Waals surface area contributed by atoms with Crippen molar-refractivity contribution in [2.45, 2.75) is 58.9 Å². The number of rotatable bonds is 3. The van der Waals surface area contributed by atoms with Crippen LogP contribution in [0.5, 0.6) is 0 Å². The predicted molar refractivity (Wildman–Crippen MR) is 54.8 cm³/mol. The fourth-order valence-electron chi connectivity index (χ4n) is 1.13. The van der Waals surface area contributed by atoms with E-state index in [0.717, 1.165) is 11.3 Å². The average Bonchev–Trinajstić information content (AvgIpc) is 1.81. The molecule has 2 heteroatoms. The highest BCUT2D eigenvalue weighted by atomic mass is 31.1. The van der Waals surface area contributed by atoms with Crippen LogP contribution in [0.1, 0.15) is 41.5 Å². The average molecular weight is 174 g/mol. The Labute approximate surface area is 72.1 Å². The molecule has 0 rings (SSSR count). The molecule has 0 unspecified atom stereocenters. The fraction of sp³-hybridized carbons (Fsp3) is 1.00. The summed E-state index contributed by atoms with van der Waals surface area (Å²) >= 11 is 0. The molecule has 1 nitrogen and oxygen atoms in total. The summed E-state index contributed by atoms with van der Waals surface area (Å²) in [6, 6.07) is 0.505. The van der Waals surface area contributed by atoms with Crippen molar-refractivity contribution in [3.05, 3.63) is 0 Å². The molecule has 0 aromatic rings. The summed E-state index contributed by atoms with van der Waals surface area (Å²) in [6.07, 6.45) is 0. The molecule has 0 bridgehead atoms. The zero-order valence-electron chi connectivity index (χ0n) is 8.63. The highest BCUT2D eigenvalue weighted by Crippen LogP contribution is 2.37. The van der Waals surface area contributed by atoms with Crippen molar-refractivity contribution in [3.8, 4) is 0 Å². The molecule has 0 aromatic carbocycles. The van der Waals surface area contributed by atoms with E-state index in [-0.39, 0.29) is 7.71 Å². The van der Waals surface area contributed by atoms with Crippen LogP contribution >= 0.6 is 7.71 Å². The maximum absolute atomic E-state index is 4.74. The molecule has 66 valence electrons. The zero-order valence-corrected chi connectivity index (χ0v) is 9.52. The van der Waals surface area contributed by atoms with Gasteiger partial charge in [-0.2, -0.15) is 0 Å². The quantitative estimate of drug-likeness (QED) is 0.576. The molecule has 0 radical (unpaired) electrons. The van der Waals surface area contributed by atoms with Crippen LogP contribution in [0.3, 0.4) is 0 Å². The van der Waals surface area contributed by atoms with Crippen molar-refractivity contribution in [2.75, 3.05) is 0 Å². The van der Waals surface area contributed by atoms with E-state index < -0.39 is 0 Å². The number of hydrogen-bond donors (Lipinski definition) is 0. The second kappa shape index (κ2) is 4.87. The minimum absolute atomic E-state index is 0.0931. The lowest BCUT2D eigenvalue weighted by atomic mass is 10.4. The van der Waals surface area contributed by atoms with Crippen molar-refractivity contribution in [2.24, 2.45) is 4.74 Å². The summed E-state index contributed by atoms with van der Waals surface area (Å²) in [5, 5.41) is 0. The van der Waals surface area contributed by atoms with Crippen LogP contribution in [0, 0.1) is 0 Å². The second-order valence-corrected chi connectivity index (χ2v) is 6.83. The van der Waals surface area contributed by atoms with Crippen LogP contribution in [0.2, 0.25) is 0 Å². The smallest absolute Gasteiger partial charge is 0.107 e. The molecule has 0 saturated heterocycles. The largest absolute Gasteiger partial charge is 0.205 e.